The van der Waals surface area contributed by atoms with E-state index in [0.29, 0.717) is 28.3 Å². The first kappa shape index (κ1) is 20.7. The van der Waals surface area contributed by atoms with Gasteiger partial charge in [-0.05, 0) is 29.8 Å². The van der Waals surface area contributed by atoms with E-state index in [2.05, 4.69) is 35.0 Å². The molecular weight excluding hydrogens is 457 g/mol. The molecule has 1 saturated heterocycles. The molecule has 0 atom stereocenters. The molecule has 0 saturated carbocycles. The van der Waals surface area contributed by atoms with Gasteiger partial charge >= 0.3 is 0 Å². The van der Waals surface area contributed by atoms with E-state index in [1.807, 2.05) is 24.3 Å². The van der Waals surface area contributed by atoms with E-state index in [1.54, 1.807) is 36.9 Å². The summed E-state index contributed by atoms with van der Waals surface area (Å²) in [6, 6.07) is 12.6. The SMILES string of the molecule is NC1CN(c2cncc(-c3cc4c(-c5cc6c(-c7ccccc7F)ccnc6[nH]5)n[nH]c4cn3)n2)C1. The third-order valence-corrected chi connectivity index (χ3v) is 6.52. The number of anilines is 1. The molecule has 1 fully saturated rings. The van der Waals surface area contributed by atoms with Crippen LogP contribution in [0.25, 0.3) is 55.8 Å². The number of halogens is 1. The molecule has 0 unspecified atom stereocenters. The van der Waals surface area contributed by atoms with Crippen LogP contribution in [0.2, 0.25) is 0 Å². The largest absolute Gasteiger partial charge is 0.352 e. The summed E-state index contributed by atoms with van der Waals surface area (Å²) in [7, 11) is 0. The number of benzene rings is 1. The quantitative estimate of drug-likeness (QED) is 0.351. The lowest BCUT2D eigenvalue weighted by Crippen LogP contribution is -2.56. The molecule has 1 aliphatic rings. The van der Waals surface area contributed by atoms with Gasteiger partial charge in [-0.3, -0.25) is 15.1 Å². The first-order valence-electron chi connectivity index (χ1n) is 11.5. The highest BCUT2D eigenvalue weighted by atomic mass is 19.1. The van der Waals surface area contributed by atoms with Gasteiger partial charge in [0.1, 0.15) is 28.7 Å². The summed E-state index contributed by atoms with van der Waals surface area (Å²) >= 11 is 0. The predicted octanol–water partition coefficient (Wildman–Crippen LogP) is 3.91. The lowest BCUT2D eigenvalue weighted by atomic mass is 10.0. The van der Waals surface area contributed by atoms with Gasteiger partial charge in [-0.25, -0.2) is 14.4 Å². The number of nitrogens with two attached hydrogens (primary N) is 1. The van der Waals surface area contributed by atoms with E-state index in [4.69, 9.17) is 10.7 Å². The molecule has 1 aliphatic heterocycles. The highest BCUT2D eigenvalue weighted by Gasteiger charge is 2.25. The molecule has 1 aromatic carbocycles. The van der Waals surface area contributed by atoms with Gasteiger partial charge in [0.05, 0.1) is 35.5 Å². The second-order valence-corrected chi connectivity index (χ2v) is 8.90. The zero-order chi connectivity index (χ0) is 24.2. The van der Waals surface area contributed by atoms with Crippen LogP contribution in [0.3, 0.4) is 0 Å². The fourth-order valence-corrected chi connectivity index (χ4v) is 4.66. The summed E-state index contributed by atoms with van der Waals surface area (Å²) in [5.41, 5.74) is 11.5. The molecule has 4 N–H and O–H groups in total. The summed E-state index contributed by atoms with van der Waals surface area (Å²) in [5, 5.41) is 9.27. The second kappa shape index (κ2) is 7.92. The minimum Gasteiger partial charge on any atom is -0.352 e. The Bertz CT molecular complexity index is 1750. The zero-order valence-electron chi connectivity index (χ0n) is 19.0. The molecule has 0 radical (unpaired) electrons. The topological polar surface area (TPSA) is 125 Å². The van der Waals surface area contributed by atoms with Gasteiger partial charge in [-0.1, -0.05) is 18.2 Å². The molecule has 0 bridgehead atoms. The smallest absolute Gasteiger partial charge is 0.147 e. The van der Waals surface area contributed by atoms with Gasteiger partial charge in [0, 0.05) is 41.7 Å². The Morgan fingerprint density at radius 2 is 1.83 bits per heavy atom. The van der Waals surface area contributed by atoms with Gasteiger partial charge in [0.2, 0.25) is 0 Å². The van der Waals surface area contributed by atoms with Crippen LogP contribution in [0.15, 0.2) is 67.3 Å². The average Bonchev–Trinajstić information content (AvgIpc) is 3.51. The summed E-state index contributed by atoms with van der Waals surface area (Å²) in [6.45, 7) is 1.53. The van der Waals surface area contributed by atoms with E-state index in [1.165, 1.54) is 6.07 Å². The summed E-state index contributed by atoms with van der Waals surface area (Å²) in [4.78, 5) is 23.6. The summed E-state index contributed by atoms with van der Waals surface area (Å²) in [5.74, 6) is 0.503. The monoisotopic (exact) mass is 477 g/mol. The molecule has 0 spiro atoms. The normalized spacial score (nSPS) is 14.0. The Labute approximate surface area is 204 Å². The standard InChI is InChI=1S/C26H20FN9/c27-19-4-2-1-3-16(19)15-5-6-30-26-17(15)7-21(33-26)25-18-8-20(31-10-22(18)34-35-25)23-9-29-11-24(32-23)36-12-14(28)13-36/h1-11,14H,12-13,28H2,(H,30,33)(H,34,35). The maximum absolute atomic E-state index is 14.5. The lowest BCUT2D eigenvalue weighted by molar-refractivity contribution is 0.514. The van der Waals surface area contributed by atoms with Crippen molar-refractivity contribution in [2.45, 2.75) is 6.04 Å². The first-order chi connectivity index (χ1) is 17.6. The Hall–Kier alpha value is -4.70. The molecule has 0 amide bonds. The van der Waals surface area contributed by atoms with Crippen LogP contribution in [0, 0.1) is 5.82 Å². The number of nitrogens with zero attached hydrogens (tertiary/aromatic N) is 6. The van der Waals surface area contributed by atoms with Crippen LogP contribution in [-0.4, -0.2) is 54.2 Å². The van der Waals surface area contributed by atoms with Crippen molar-refractivity contribution in [2.75, 3.05) is 18.0 Å². The minimum absolute atomic E-state index is 0.170. The predicted molar refractivity (Wildman–Crippen MR) is 136 cm³/mol. The molecule has 9 nitrogen and oxygen atoms in total. The van der Waals surface area contributed by atoms with Crippen molar-refractivity contribution in [2.24, 2.45) is 5.73 Å². The van der Waals surface area contributed by atoms with E-state index < -0.39 is 0 Å². The minimum atomic E-state index is -0.280. The van der Waals surface area contributed by atoms with Crippen molar-refractivity contribution >= 4 is 27.8 Å². The number of rotatable bonds is 4. The van der Waals surface area contributed by atoms with E-state index in [9.17, 15) is 4.39 Å². The van der Waals surface area contributed by atoms with Crippen LogP contribution in [0.1, 0.15) is 0 Å². The lowest BCUT2D eigenvalue weighted by Gasteiger charge is -2.37. The van der Waals surface area contributed by atoms with Gasteiger partial charge in [-0.15, -0.1) is 0 Å². The molecular formula is C26H20FN9. The molecule has 7 rings (SSSR count). The maximum atomic E-state index is 14.5. The van der Waals surface area contributed by atoms with E-state index in [-0.39, 0.29) is 11.9 Å². The van der Waals surface area contributed by atoms with Crippen LogP contribution in [0.5, 0.6) is 0 Å². The third kappa shape index (κ3) is 3.30. The summed E-state index contributed by atoms with van der Waals surface area (Å²) < 4.78 is 14.5. The molecule has 6 heterocycles. The Morgan fingerprint density at radius 1 is 0.944 bits per heavy atom. The van der Waals surface area contributed by atoms with Crippen molar-refractivity contribution in [1.29, 1.82) is 0 Å². The van der Waals surface area contributed by atoms with Crippen LogP contribution < -0.4 is 10.6 Å². The molecule has 10 heteroatoms. The van der Waals surface area contributed by atoms with Gasteiger partial charge < -0.3 is 15.6 Å². The molecule has 5 aromatic heterocycles. The number of aromatic nitrogens is 7. The summed E-state index contributed by atoms with van der Waals surface area (Å²) in [6.07, 6.45) is 6.85. The Kier molecular flexibility index (Phi) is 4.55. The van der Waals surface area contributed by atoms with Crippen LogP contribution >= 0.6 is 0 Å². The maximum Gasteiger partial charge on any atom is 0.147 e. The van der Waals surface area contributed by atoms with Gasteiger partial charge in [-0.2, -0.15) is 5.10 Å². The fourth-order valence-electron chi connectivity index (χ4n) is 4.66. The number of H-pyrrole nitrogens is 2. The van der Waals surface area contributed by atoms with E-state index >= 15 is 0 Å². The van der Waals surface area contributed by atoms with Crippen LogP contribution in [0.4, 0.5) is 10.2 Å². The van der Waals surface area contributed by atoms with Crippen molar-refractivity contribution in [3.63, 3.8) is 0 Å². The molecule has 6 aromatic rings. The first-order valence-corrected chi connectivity index (χ1v) is 11.5. The van der Waals surface area contributed by atoms with Crippen LogP contribution in [-0.2, 0) is 0 Å². The second-order valence-electron chi connectivity index (χ2n) is 8.90. The Balaban J connectivity index is 1.32. The molecule has 0 aliphatic carbocycles. The number of hydrogen-bond donors (Lipinski definition) is 3. The highest BCUT2D eigenvalue weighted by molar-refractivity contribution is 6.00. The van der Waals surface area contributed by atoms with Gasteiger partial charge in [0.15, 0.2) is 0 Å². The van der Waals surface area contributed by atoms with E-state index in [0.717, 1.165) is 46.5 Å². The average molecular weight is 478 g/mol. The fraction of sp³-hybridized carbons (Fsp3) is 0.115. The number of nitrogens with one attached hydrogen (secondary N) is 2. The number of fused-ring (bicyclic) bond motifs is 2. The van der Waals surface area contributed by atoms with Gasteiger partial charge in [0.25, 0.3) is 0 Å². The number of hydrogen-bond acceptors (Lipinski definition) is 7. The molecule has 36 heavy (non-hydrogen) atoms. The number of aromatic amines is 2. The number of pyridine rings is 2. The third-order valence-electron chi connectivity index (χ3n) is 6.52. The van der Waals surface area contributed by atoms with Crippen molar-refractivity contribution < 1.29 is 4.39 Å². The Morgan fingerprint density at radius 3 is 2.69 bits per heavy atom. The van der Waals surface area contributed by atoms with Crippen molar-refractivity contribution in [3.8, 4) is 33.9 Å². The zero-order valence-corrected chi connectivity index (χ0v) is 19.0. The van der Waals surface area contributed by atoms with Crippen molar-refractivity contribution in [1.82, 2.24) is 35.1 Å². The van der Waals surface area contributed by atoms with Crippen molar-refractivity contribution in [3.05, 3.63) is 73.1 Å². The molecule has 176 valence electrons. The highest BCUT2D eigenvalue weighted by Crippen LogP contribution is 2.34.